The Balaban J connectivity index is 2.60. The average molecular weight is 204 g/mol. The first-order chi connectivity index (χ1) is 6.93. The normalized spacial score (nSPS) is 23.8. The first-order valence-electron chi connectivity index (χ1n) is 5.58. The zero-order valence-electron chi connectivity index (χ0n) is 10.0. The summed E-state index contributed by atoms with van der Waals surface area (Å²) in [5.41, 5.74) is 3.94. The standard InChI is InChI=1S/C13H20N2/c1-9-6-5-7-11-10(2)8-13(3,4)15(14)12(9)11/h5-7,10H,8,14H2,1-4H3. The molecule has 1 unspecified atom stereocenters. The Labute approximate surface area is 92.1 Å². The molecule has 82 valence electrons. The highest BCUT2D eigenvalue weighted by Crippen LogP contribution is 2.42. The summed E-state index contributed by atoms with van der Waals surface area (Å²) in [6, 6.07) is 6.45. The van der Waals surface area contributed by atoms with Gasteiger partial charge < -0.3 is 5.01 Å². The molecule has 0 aromatic heterocycles. The molecule has 1 aromatic carbocycles. The van der Waals surface area contributed by atoms with Crippen LogP contribution in [-0.4, -0.2) is 5.54 Å². The van der Waals surface area contributed by atoms with Crippen LogP contribution in [0.3, 0.4) is 0 Å². The van der Waals surface area contributed by atoms with Gasteiger partial charge in [0.2, 0.25) is 0 Å². The van der Waals surface area contributed by atoms with Gasteiger partial charge in [0, 0.05) is 0 Å². The second kappa shape index (κ2) is 3.24. The Morgan fingerprint density at radius 2 is 2.07 bits per heavy atom. The number of fused-ring (bicyclic) bond motifs is 1. The quantitative estimate of drug-likeness (QED) is 0.658. The van der Waals surface area contributed by atoms with E-state index in [0.717, 1.165) is 6.42 Å². The molecule has 1 heterocycles. The van der Waals surface area contributed by atoms with E-state index in [2.05, 4.69) is 45.9 Å². The number of aryl methyl sites for hydroxylation is 1. The second-order valence-corrected chi connectivity index (χ2v) is 5.30. The van der Waals surface area contributed by atoms with Crippen LogP contribution >= 0.6 is 0 Å². The lowest BCUT2D eigenvalue weighted by molar-refractivity contribution is 0.380. The van der Waals surface area contributed by atoms with E-state index in [4.69, 9.17) is 5.84 Å². The van der Waals surface area contributed by atoms with Crippen LogP contribution in [0, 0.1) is 6.92 Å². The number of nitrogens with two attached hydrogens (primary N) is 1. The zero-order chi connectivity index (χ0) is 11.2. The summed E-state index contributed by atoms with van der Waals surface area (Å²) in [4.78, 5) is 0. The van der Waals surface area contributed by atoms with Crippen molar-refractivity contribution >= 4 is 5.69 Å². The van der Waals surface area contributed by atoms with Gasteiger partial charge in [-0.2, -0.15) is 0 Å². The SMILES string of the molecule is Cc1cccc2c1N(N)C(C)(C)CC2C. The number of hydrazine groups is 1. The maximum absolute atomic E-state index is 6.22. The minimum Gasteiger partial charge on any atom is -0.305 e. The molecule has 0 saturated carbocycles. The number of rotatable bonds is 0. The molecular formula is C13H20N2. The van der Waals surface area contributed by atoms with Crippen LogP contribution in [0.25, 0.3) is 0 Å². The van der Waals surface area contributed by atoms with Crippen molar-refractivity contribution in [1.82, 2.24) is 0 Å². The fraction of sp³-hybridized carbons (Fsp3) is 0.538. The summed E-state index contributed by atoms with van der Waals surface area (Å²) < 4.78 is 0. The van der Waals surface area contributed by atoms with E-state index in [9.17, 15) is 0 Å². The fourth-order valence-electron chi connectivity index (χ4n) is 2.67. The monoisotopic (exact) mass is 204 g/mol. The highest BCUT2D eigenvalue weighted by molar-refractivity contribution is 5.63. The molecule has 2 N–H and O–H groups in total. The summed E-state index contributed by atoms with van der Waals surface area (Å²) in [7, 11) is 0. The van der Waals surface area contributed by atoms with Gasteiger partial charge in [-0.3, -0.25) is 0 Å². The molecule has 2 heteroatoms. The lowest BCUT2D eigenvalue weighted by Crippen LogP contribution is -2.53. The maximum Gasteiger partial charge on any atom is 0.0587 e. The third kappa shape index (κ3) is 1.53. The van der Waals surface area contributed by atoms with Gasteiger partial charge in [-0.15, -0.1) is 0 Å². The molecule has 0 bridgehead atoms. The molecule has 1 aliphatic heterocycles. The van der Waals surface area contributed by atoms with Gasteiger partial charge in [-0.1, -0.05) is 25.1 Å². The topological polar surface area (TPSA) is 29.3 Å². The molecule has 2 nitrogen and oxygen atoms in total. The largest absolute Gasteiger partial charge is 0.305 e. The van der Waals surface area contributed by atoms with Crippen molar-refractivity contribution in [3.05, 3.63) is 29.3 Å². The van der Waals surface area contributed by atoms with Crippen molar-refractivity contribution in [3.63, 3.8) is 0 Å². The van der Waals surface area contributed by atoms with Gasteiger partial charge in [0.25, 0.3) is 0 Å². The molecule has 0 fully saturated rings. The molecule has 1 aliphatic rings. The average Bonchev–Trinajstić information content (AvgIpc) is 2.14. The number of benzene rings is 1. The zero-order valence-corrected chi connectivity index (χ0v) is 10.0. The van der Waals surface area contributed by atoms with Crippen molar-refractivity contribution in [2.24, 2.45) is 5.84 Å². The minimum absolute atomic E-state index is 0.0541. The first-order valence-corrected chi connectivity index (χ1v) is 5.58. The third-order valence-corrected chi connectivity index (χ3v) is 3.50. The molecule has 0 spiro atoms. The van der Waals surface area contributed by atoms with Crippen LogP contribution in [0.15, 0.2) is 18.2 Å². The molecular weight excluding hydrogens is 184 g/mol. The Morgan fingerprint density at radius 3 is 2.73 bits per heavy atom. The van der Waals surface area contributed by atoms with Crippen molar-refractivity contribution < 1.29 is 0 Å². The van der Waals surface area contributed by atoms with Crippen LogP contribution in [-0.2, 0) is 0 Å². The molecule has 0 radical (unpaired) electrons. The third-order valence-electron chi connectivity index (χ3n) is 3.50. The molecule has 1 atom stereocenters. The molecule has 0 saturated heterocycles. The summed E-state index contributed by atoms with van der Waals surface area (Å²) in [6.45, 7) is 8.83. The van der Waals surface area contributed by atoms with Crippen molar-refractivity contribution in [2.45, 2.75) is 45.6 Å². The Kier molecular flexibility index (Phi) is 2.27. The van der Waals surface area contributed by atoms with Crippen LogP contribution in [0.4, 0.5) is 5.69 Å². The summed E-state index contributed by atoms with van der Waals surface area (Å²) in [5, 5.41) is 1.94. The predicted molar refractivity (Wildman–Crippen MR) is 65.0 cm³/mol. The summed E-state index contributed by atoms with van der Waals surface area (Å²) in [5.74, 6) is 6.81. The van der Waals surface area contributed by atoms with Gasteiger partial charge in [0.1, 0.15) is 0 Å². The van der Waals surface area contributed by atoms with E-state index in [1.54, 1.807) is 0 Å². The first kappa shape index (κ1) is 10.5. The number of hydrogen-bond acceptors (Lipinski definition) is 2. The highest BCUT2D eigenvalue weighted by atomic mass is 15.4. The van der Waals surface area contributed by atoms with E-state index >= 15 is 0 Å². The molecule has 0 aliphatic carbocycles. The predicted octanol–water partition coefficient (Wildman–Crippen LogP) is 2.96. The molecule has 15 heavy (non-hydrogen) atoms. The summed E-state index contributed by atoms with van der Waals surface area (Å²) >= 11 is 0. The maximum atomic E-state index is 6.22. The molecule has 2 rings (SSSR count). The van der Waals surface area contributed by atoms with E-state index in [1.165, 1.54) is 16.8 Å². The van der Waals surface area contributed by atoms with Gasteiger partial charge in [0.15, 0.2) is 0 Å². The fourth-order valence-corrected chi connectivity index (χ4v) is 2.67. The van der Waals surface area contributed by atoms with Crippen LogP contribution < -0.4 is 10.9 Å². The summed E-state index contributed by atoms with van der Waals surface area (Å²) in [6.07, 6.45) is 1.11. The Hall–Kier alpha value is -1.02. The Bertz CT molecular complexity index is 382. The number of nitrogens with zero attached hydrogens (tertiary/aromatic N) is 1. The number of hydrogen-bond donors (Lipinski definition) is 1. The van der Waals surface area contributed by atoms with Gasteiger partial charge in [-0.25, -0.2) is 5.84 Å². The van der Waals surface area contributed by atoms with Crippen molar-refractivity contribution in [2.75, 3.05) is 5.01 Å². The van der Waals surface area contributed by atoms with E-state index < -0.39 is 0 Å². The van der Waals surface area contributed by atoms with E-state index in [-0.39, 0.29) is 5.54 Å². The van der Waals surface area contributed by atoms with Gasteiger partial charge in [0.05, 0.1) is 11.2 Å². The van der Waals surface area contributed by atoms with E-state index in [0.29, 0.717) is 5.92 Å². The van der Waals surface area contributed by atoms with Crippen LogP contribution in [0.5, 0.6) is 0 Å². The molecule has 1 aromatic rings. The number of para-hydroxylation sites is 1. The van der Waals surface area contributed by atoms with Crippen molar-refractivity contribution in [1.29, 1.82) is 0 Å². The van der Waals surface area contributed by atoms with Gasteiger partial charge >= 0.3 is 0 Å². The second-order valence-electron chi connectivity index (χ2n) is 5.30. The minimum atomic E-state index is 0.0541. The van der Waals surface area contributed by atoms with Crippen molar-refractivity contribution in [3.8, 4) is 0 Å². The smallest absolute Gasteiger partial charge is 0.0587 e. The van der Waals surface area contributed by atoms with Crippen LogP contribution in [0.1, 0.15) is 44.2 Å². The Morgan fingerprint density at radius 1 is 1.40 bits per heavy atom. The number of anilines is 1. The lowest BCUT2D eigenvalue weighted by atomic mass is 9.80. The highest BCUT2D eigenvalue weighted by Gasteiger charge is 2.35. The lowest BCUT2D eigenvalue weighted by Gasteiger charge is -2.45. The van der Waals surface area contributed by atoms with Crippen LogP contribution in [0.2, 0.25) is 0 Å². The van der Waals surface area contributed by atoms with E-state index in [1.807, 2.05) is 5.01 Å². The van der Waals surface area contributed by atoms with Gasteiger partial charge in [-0.05, 0) is 44.2 Å². The molecule has 0 amide bonds.